The van der Waals surface area contributed by atoms with Crippen LogP contribution in [-0.2, 0) is 14.9 Å². The highest BCUT2D eigenvalue weighted by atomic mass is 32.2. The van der Waals surface area contributed by atoms with Gasteiger partial charge in [-0.15, -0.1) is 0 Å². The van der Waals surface area contributed by atoms with Crippen LogP contribution >= 0.6 is 0 Å². The SMILES string of the molecule is CCCCCCCC/C=C\CCCCCCCCC(O)C(=O)NC(CS(=O)(=O)O)C(O)CCCCCCCCCCCCCCCCCC. The molecule has 0 aromatic carbocycles. The number of allylic oxidation sites excluding steroid dienone is 2. The number of carbonyl (C=O) groups is 1. The number of amides is 1. The van der Waals surface area contributed by atoms with Crippen LogP contribution in [0.4, 0.5) is 0 Å². The molecule has 0 aliphatic heterocycles. The summed E-state index contributed by atoms with van der Waals surface area (Å²) in [5.41, 5.74) is 0. The van der Waals surface area contributed by atoms with Crippen molar-refractivity contribution >= 4 is 16.0 Å². The highest BCUT2D eigenvalue weighted by molar-refractivity contribution is 7.85. The van der Waals surface area contributed by atoms with Gasteiger partial charge in [-0.2, -0.15) is 8.42 Å². The highest BCUT2D eigenvalue weighted by Crippen LogP contribution is 2.16. The van der Waals surface area contributed by atoms with Crippen molar-refractivity contribution in [2.24, 2.45) is 0 Å². The van der Waals surface area contributed by atoms with Crippen molar-refractivity contribution in [2.45, 2.75) is 238 Å². The Morgan fingerprint density at radius 1 is 0.531 bits per heavy atom. The summed E-state index contributed by atoms with van der Waals surface area (Å²) in [6.07, 6.45) is 39.4. The minimum atomic E-state index is -4.41. The van der Waals surface area contributed by atoms with E-state index in [4.69, 9.17) is 0 Å². The first-order valence-electron chi connectivity index (χ1n) is 21.0. The summed E-state index contributed by atoms with van der Waals surface area (Å²) in [5.74, 6) is -1.45. The van der Waals surface area contributed by atoms with E-state index in [2.05, 4.69) is 31.3 Å². The molecule has 3 atom stereocenters. The van der Waals surface area contributed by atoms with Gasteiger partial charge in [-0.05, 0) is 38.5 Å². The number of hydrogen-bond acceptors (Lipinski definition) is 5. The zero-order valence-corrected chi connectivity index (χ0v) is 33.0. The zero-order valence-electron chi connectivity index (χ0n) is 32.2. The Bertz CT molecular complexity index is 849. The maximum atomic E-state index is 12.6. The summed E-state index contributed by atoms with van der Waals surface area (Å²) >= 11 is 0. The lowest BCUT2D eigenvalue weighted by molar-refractivity contribution is -0.131. The number of carbonyl (C=O) groups excluding carboxylic acids is 1. The summed E-state index contributed by atoms with van der Waals surface area (Å²) < 4.78 is 32.6. The van der Waals surface area contributed by atoms with Crippen LogP contribution in [0, 0.1) is 0 Å². The fourth-order valence-electron chi connectivity index (χ4n) is 6.57. The normalized spacial score (nSPS) is 14.0. The summed E-state index contributed by atoms with van der Waals surface area (Å²) in [5, 5.41) is 23.5. The topological polar surface area (TPSA) is 124 Å². The van der Waals surface area contributed by atoms with E-state index in [9.17, 15) is 28.0 Å². The quantitative estimate of drug-likeness (QED) is 0.0286. The molecular formula is C41H81NO6S. The van der Waals surface area contributed by atoms with Crippen LogP contribution < -0.4 is 5.32 Å². The highest BCUT2D eigenvalue weighted by Gasteiger charge is 2.28. The van der Waals surface area contributed by atoms with Crippen LogP contribution in [0.15, 0.2) is 12.2 Å². The Kier molecular flexibility index (Phi) is 34.7. The first-order chi connectivity index (χ1) is 23.7. The van der Waals surface area contributed by atoms with Gasteiger partial charge in [0.15, 0.2) is 0 Å². The molecule has 3 unspecified atom stereocenters. The number of aliphatic hydroxyl groups excluding tert-OH is 2. The minimum Gasteiger partial charge on any atom is -0.391 e. The van der Waals surface area contributed by atoms with Crippen molar-refractivity contribution in [3.05, 3.63) is 12.2 Å². The largest absolute Gasteiger partial charge is 0.391 e. The average Bonchev–Trinajstić information content (AvgIpc) is 3.06. The lowest BCUT2D eigenvalue weighted by Gasteiger charge is -2.24. The molecule has 1 amide bonds. The zero-order chi connectivity index (χ0) is 36.3. The van der Waals surface area contributed by atoms with Crippen LogP contribution in [0.25, 0.3) is 0 Å². The van der Waals surface area contributed by atoms with E-state index in [1.807, 2.05) is 0 Å². The molecule has 0 rings (SSSR count). The Hall–Kier alpha value is -0.960. The number of nitrogens with one attached hydrogen (secondary N) is 1. The van der Waals surface area contributed by atoms with Crippen LogP contribution in [0.1, 0.15) is 219 Å². The van der Waals surface area contributed by atoms with Gasteiger partial charge in [-0.25, -0.2) is 0 Å². The van der Waals surface area contributed by atoms with Gasteiger partial charge in [0.1, 0.15) is 6.10 Å². The fraction of sp³-hybridized carbons (Fsp3) is 0.927. The summed E-state index contributed by atoms with van der Waals surface area (Å²) in [4.78, 5) is 12.6. The molecule has 0 aliphatic rings. The van der Waals surface area contributed by atoms with Crippen molar-refractivity contribution in [2.75, 3.05) is 5.75 Å². The molecule has 0 saturated carbocycles. The second kappa shape index (κ2) is 35.4. The van der Waals surface area contributed by atoms with E-state index >= 15 is 0 Å². The monoisotopic (exact) mass is 716 g/mol. The molecule has 8 heteroatoms. The molecule has 0 bridgehead atoms. The second-order valence-corrected chi connectivity index (χ2v) is 16.3. The van der Waals surface area contributed by atoms with Gasteiger partial charge in [0.25, 0.3) is 10.1 Å². The van der Waals surface area contributed by atoms with Gasteiger partial charge < -0.3 is 15.5 Å². The second-order valence-electron chi connectivity index (χ2n) is 14.8. The standard InChI is InChI=1S/C41H81NO6S/c1-3-5-7-9-11-13-15-17-19-21-23-25-27-29-31-33-35-39(43)38(37-49(46,47)48)42-41(45)40(44)36-34-32-30-28-26-24-22-20-18-16-14-12-10-8-6-4-2/h18,20,38-40,43-44H,3-17,19,21-37H2,1-2H3,(H,42,45)(H,46,47,48)/b20-18-. The first kappa shape index (κ1) is 48.0. The van der Waals surface area contributed by atoms with E-state index in [-0.39, 0.29) is 0 Å². The van der Waals surface area contributed by atoms with Gasteiger partial charge >= 0.3 is 0 Å². The molecule has 4 N–H and O–H groups in total. The van der Waals surface area contributed by atoms with E-state index in [1.165, 1.54) is 135 Å². The van der Waals surface area contributed by atoms with Crippen LogP contribution in [0.5, 0.6) is 0 Å². The number of unbranched alkanes of at least 4 members (excludes halogenated alkanes) is 27. The molecule has 0 spiro atoms. The minimum absolute atomic E-state index is 0.292. The fourth-order valence-corrected chi connectivity index (χ4v) is 7.33. The number of aliphatic hydroxyl groups is 2. The van der Waals surface area contributed by atoms with E-state index in [0.29, 0.717) is 19.3 Å². The van der Waals surface area contributed by atoms with Crippen molar-refractivity contribution in [3.63, 3.8) is 0 Å². The molecule has 292 valence electrons. The molecule has 7 nitrogen and oxygen atoms in total. The molecule has 0 aromatic rings. The van der Waals surface area contributed by atoms with Gasteiger partial charge in [0, 0.05) is 0 Å². The van der Waals surface area contributed by atoms with Gasteiger partial charge in [-0.1, -0.05) is 193 Å². The average molecular weight is 716 g/mol. The smallest absolute Gasteiger partial charge is 0.266 e. The molecule has 0 heterocycles. The van der Waals surface area contributed by atoms with Crippen LogP contribution in [0.3, 0.4) is 0 Å². The lowest BCUT2D eigenvalue weighted by atomic mass is 10.0. The van der Waals surface area contributed by atoms with E-state index in [1.54, 1.807) is 0 Å². The van der Waals surface area contributed by atoms with Crippen LogP contribution in [-0.4, -0.2) is 53.1 Å². The number of hydrogen-bond donors (Lipinski definition) is 4. The van der Waals surface area contributed by atoms with Crippen molar-refractivity contribution in [1.29, 1.82) is 0 Å². The van der Waals surface area contributed by atoms with E-state index < -0.39 is 40.0 Å². The van der Waals surface area contributed by atoms with Crippen LogP contribution in [0.2, 0.25) is 0 Å². The summed E-state index contributed by atoms with van der Waals surface area (Å²) in [7, 11) is -4.41. The third-order valence-electron chi connectivity index (χ3n) is 9.83. The third kappa shape index (κ3) is 35.2. The van der Waals surface area contributed by atoms with Crippen molar-refractivity contribution in [1.82, 2.24) is 5.32 Å². The molecule has 0 fully saturated rings. The Morgan fingerprint density at radius 2 is 0.857 bits per heavy atom. The molecular weight excluding hydrogens is 635 g/mol. The molecule has 0 radical (unpaired) electrons. The number of rotatable bonds is 38. The predicted octanol–water partition coefficient (Wildman–Crippen LogP) is 11.2. The molecule has 0 saturated heterocycles. The lowest BCUT2D eigenvalue weighted by Crippen LogP contribution is -2.50. The van der Waals surface area contributed by atoms with Crippen molar-refractivity contribution in [3.8, 4) is 0 Å². The molecule has 0 aliphatic carbocycles. The molecule has 0 aromatic heterocycles. The summed E-state index contributed by atoms with van der Waals surface area (Å²) in [6, 6.07) is -1.15. The Balaban J connectivity index is 3.97. The van der Waals surface area contributed by atoms with Gasteiger partial charge in [0.2, 0.25) is 5.91 Å². The third-order valence-corrected chi connectivity index (χ3v) is 10.6. The van der Waals surface area contributed by atoms with Gasteiger partial charge in [-0.3, -0.25) is 9.35 Å². The maximum absolute atomic E-state index is 12.6. The Morgan fingerprint density at radius 3 is 1.22 bits per heavy atom. The first-order valence-corrected chi connectivity index (χ1v) is 22.6. The molecule has 49 heavy (non-hydrogen) atoms. The maximum Gasteiger partial charge on any atom is 0.266 e. The van der Waals surface area contributed by atoms with Gasteiger partial charge in [0.05, 0.1) is 17.9 Å². The van der Waals surface area contributed by atoms with E-state index in [0.717, 1.165) is 51.4 Å². The Labute approximate surface area is 304 Å². The van der Waals surface area contributed by atoms with Crippen molar-refractivity contribution < 1.29 is 28.0 Å². The predicted molar refractivity (Wildman–Crippen MR) is 209 cm³/mol. The summed E-state index contributed by atoms with van der Waals surface area (Å²) in [6.45, 7) is 4.51.